The Labute approximate surface area is 104 Å². The number of hydrogen-bond acceptors (Lipinski definition) is 5. The van der Waals surface area contributed by atoms with E-state index in [2.05, 4.69) is 9.71 Å². The van der Waals surface area contributed by atoms with Crippen molar-refractivity contribution >= 4 is 33.0 Å². The van der Waals surface area contributed by atoms with E-state index < -0.39 is 10.0 Å². The Morgan fingerprint density at radius 1 is 1.62 bits per heavy atom. The van der Waals surface area contributed by atoms with Crippen molar-refractivity contribution in [2.24, 2.45) is 0 Å². The first kappa shape index (κ1) is 13.9. The Morgan fingerprint density at radius 2 is 2.25 bits per heavy atom. The highest BCUT2D eigenvalue weighted by atomic mass is 35.5. The maximum Gasteiger partial charge on any atom is 0.252 e. The summed E-state index contributed by atoms with van der Waals surface area (Å²) in [6, 6.07) is -0.296. The second-order valence-electron chi connectivity index (χ2n) is 3.32. The maximum atomic E-state index is 11.9. The second-order valence-corrected chi connectivity index (χ2v) is 6.81. The molecular formula is C8H13ClN2O3S2. The smallest absolute Gasteiger partial charge is 0.252 e. The van der Waals surface area contributed by atoms with E-state index in [0.29, 0.717) is 12.3 Å². The van der Waals surface area contributed by atoms with E-state index in [9.17, 15) is 8.42 Å². The van der Waals surface area contributed by atoms with Crippen LogP contribution in [-0.2, 0) is 14.8 Å². The summed E-state index contributed by atoms with van der Waals surface area (Å²) in [5.74, 6) is 0. The molecule has 0 aromatic carbocycles. The molecule has 0 bridgehead atoms. The molecule has 92 valence electrons. The first-order chi connectivity index (χ1) is 7.36. The molecule has 8 heteroatoms. The summed E-state index contributed by atoms with van der Waals surface area (Å²) in [5.41, 5.74) is 0.409. The van der Waals surface area contributed by atoms with Crippen LogP contribution in [0.15, 0.2) is 4.21 Å². The molecule has 0 aliphatic rings. The Kier molecular flexibility index (Phi) is 4.69. The summed E-state index contributed by atoms with van der Waals surface area (Å²) in [7, 11) is -2.04. The monoisotopic (exact) mass is 284 g/mol. The summed E-state index contributed by atoms with van der Waals surface area (Å²) in [6.07, 6.45) is 0. The lowest BCUT2D eigenvalue weighted by molar-refractivity contribution is 0.180. The number of nitrogens with one attached hydrogen (secondary N) is 1. The van der Waals surface area contributed by atoms with Gasteiger partial charge in [0.1, 0.15) is 0 Å². The fourth-order valence-corrected chi connectivity index (χ4v) is 4.19. The number of rotatable bonds is 5. The molecule has 16 heavy (non-hydrogen) atoms. The number of aryl methyl sites for hydroxylation is 1. The van der Waals surface area contributed by atoms with Crippen LogP contribution < -0.4 is 4.72 Å². The number of sulfonamides is 1. The van der Waals surface area contributed by atoms with Gasteiger partial charge in [0.2, 0.25) is 0 Å². The summed E-state index contributed by atoms with van der Waals surface area (Å²) in [6.45, 7) is 3.64. The van der Waals surface area contributed by atoms with Crippen LogP contribution in [0, 0.1) is 6.92 Å². The van der Waals surface area contributed by atoms with Crippen molar-refractivity contribution in [3.63, 3.8) is 0 Å². The zero-order chi connectivity index (χ0) is 12.3. The van der Waals surface area contributed by atoms with Gasteiger partial charge in [-0.2, -0.15) is 0 Å². The normalized spacial score (nSPS) is 14.0. The van der Waals surface area contributed by atoms with Crippen molar-refractivity contribution in [3.8, 4) is 0 Å². The average Bonchev–Trinajstić information content (AvgIpc) is 2.45. The van der Waals surface area contributed by atoms with Gasteiger partial charge in [0, 0.05) is 13.2 Å². The highest BCUT2D eigenvalue weighted by Gasteiger charge is 2.23. The largest absolute Gasteiger partial charge is 0.383 e. The van der Waals surface area contributed by atoms with E-state index in [1.165, 1.54) is 7.11 Å². The topological polar surface area (TPSA) is 68.3 Å². The van der Waals surface area contributed by atoms with Crippen LogP contribution in [-0.4, -0.2) is 33.2 Å². The Balaban J connectivity index is 2.90. The van der Waals surface area contributed by atoms with Gasteiger partial charge in [-0.1, -0.05) is 22.9 Å². The van der Waals surface area contributed by atoms with E-state index in [-0.39, 0.29) is 14.7 Å². The molecule has 0 aliphatic heterocycles. The predicted molar refractivity (Wildman–Crippen MR) is 63.5 cm³/mol. The van der Waals surface area contributed by atoms with Crippen molar-refractivity contribution in [3.05, 3.63) is 10.2 Å². The minimum absolute atomic E-state index is 0.153. The van der Waals surface area contributed by atoms with E-state index in [1.807, 2.05) is 0 Å². The molecule has 5 nitrogen and oxygen atoms in total. The molecular weight excluding hydrogens is 272 g/mol. The lowest BCUT2D eigenvalue weighted by atomic mass is 10.4. The van der Waals surface area contributed by atoms with E-state index in [4.69, 9.17) is 16.3 Å². The van der Waals surface area contributed by atoms with Crippen molar-refractivity contribution in [1.82, 2.24) is 9.71 Å². The first-order valence-electron chi connectivity index (χ1n) is 4.51. The molecule has 1 unspecified atom stereocenters. The fraction of sp³-hybridized carbons (Fsp3) is 0.625. The number of aromatic nitrogens is 1. The molecule has 1 aromatic heterocycles. The maximum absolute atomic E-state index is 11.9. The van der Waals surface area contributed by atoms with E-state index in [1.54, 1.807) is 13.8 Å². The second kappa shape index (κ2) is 5.42. The lowest BCUT2D eigenvalue weighted by Crippen LogP contribution is -2.35. The number of thiazole rings is 1. The Bertz CT molecular complexity index is 458. The van der Waals surface area contributed by atoms with Crippen LogP contribution in [0.4, 0.5) is 0 Å². The Morgan fingerprint density at radius 3 is 2.69 bits per heavy atom. The molecule has 0 aliphatic carbocycles. The molecule has 0 amide bonds. The van der Waals surface area contributed by atoms with Gasteiger partial charge in [0.15, 0.2) is 8.68 Å². The van der Waals surface area contributed by atoms with Gasteiger partial charge < -0.3 is 4.74 Å². The number of halogens is 1. The Hall–Kier alpha value is -0.210. The summed E-state index contributed by atoms with van der Waals surface area (Å²) in [4.78, 5) is 3.86. The van der Waals surface area contributed by atoms with Crippen LogP contribution in [0.2, 0.25) is 4.47 Å². The van der Waals surface area contributed by atoms with Crippen LogP contribution in [0.25, 0.3) is 0 Å². The molecule has 1 heterocycles. The number of hydrogen-bond donors (Lipinski definition) is 1. The number of methoxy groups -OCH3 is 1. The van der Waals surface area contributed by atoms with Gasteiger partial charge in [-0.25, -0.2) is 18.1 Å². The minimum Gasteiger partial charge on any atom is -0.383 e. The van der Waals surface area contributed by atoms with Crippen LogP contribution in [0.5, 0.6) is 0 Å². The summed E-state index contributed by atoms with van der Waals surface area (Å²) in [5, 5.41) is 0. The molecule has 0 radical (unpaired) electrons. The molecule has 0 spiro atoms. The van der Waals surface area contributed by atoms with Gasteiger partial charge in [-0.3, -0.25) is 0 Å². The van der Waals surface area contributed by atoms with E-state index in [0.717, 1.165) is 11.3 Å². The van der Waals surface area contributed by atoms with Crippen LogP contribution in [0.3, 0.4) is 0 Å². The molecule has 0 saturated carbocycles. The van der Waals surface area contributed by atoms with Gasteiger partial charge in [-0.15, -0.1) is 0 Å². The third-order valence-corrected chi connectivity index (χ3v) is 5.21. The SMILES string of the molecule is COCC(C)NS(=O)(=O)c1sc(Cl)nc1C. The molecule has 1 rings (SSSR count). The van der Waals surface area contributed by atoms with Gasteiger partial charge in [0.25, 0.3) is 10.0 Å². The number of nitrogens with zero attached hydrogens (tertiary/aromatic N) is 1. The average molecular weight is 285 g/mol. The number of ether oxygens (including phenoxy) is 1. The van der Waals surface area contributed by atoms with E-state index >= 15 is 0 Å². The van der Waals surface area contributed by atoms with Gasteiger partial charge >= 0.3 is 0 Å². The highest BCUT2D eigenvalue weighted by Crippen LogP contribution is 2.26. The van der Waals surface area contributed by atoms with Crippen LogP contribution in [0.1, 0.15) is 12.6 Å². The van der Waals surface area contributed by atoms with Crippen molar-refractivity contribution in [1.29, 1.82) is 0 Å². The molecule has 1 N–H and O–H groups in total. The third-order valence-electron chi connectivity index (χ3n) is 1.75. The summed E-state index contributed by atoms with van der Waals surface area (Å²) < 4.78 is 31.5. The summed E-state index contributed by atoms with van der Waals surface area (Å²) >= 11 is 6.60. The third kappa shape index (κ3) is 3.39. The first-order valence-corrected chi connectivity index (χ1v) is 7.18. The quantitative estimate of drug-likeness (QED) is 0.888. The van der Waals surface area contributed by atoms with Crippen molar-refractivity contribution < 1.29 is 13.2 Å². The van der Waals surface area contributed by atoms with Crippen molar-refractivity contribution in [2.45, 2.75) is 24.1 Å². The fourth-order valence-electron chi connectivity index (χ4n) is 1.20. The highest BCUT2D eigenvalue weighted by molar-refractivity contribution is 7.91. The zero-order valence-corrected chi connectivity index (χ0v) is 11.5. The molecule has 0 saturated heterocycles. The van der Waals surface area contributed by atoms with Gasteiger partial charge in [-0.05, 0) is 13.8 Å². The minimum atomic E-state index is -3.55. The predicted octanol–water partition coefficient (Wildman–Crippen LogP) is 1.42. The molecule has 1 aromatic rings. The standard InChI is InChI=1S/C8H13ClN2O3S2/c1-5(4-14-3)11-16(12,13)7-6(2)10-8(9)15-7/h5,11H,4H2,1-3H3. The van der Waals surface area contributed by atoms with Gasteiger partial charge in [0.05, 0.1) is 12.3 Å². The van der Waals surface area contributed by atoms with Crippen molar-refractivity contribution in [2.75, 3.05) is 13.7 Å². The lowest BCUT2D eigenvalue weighted by Gasteiger charge is -2.12. The zero-order valence-electron chi connectivity index (χ0n) is 9.15. The molecule has 0 fully saturated rings. The molecule has 1 atom stereocenters. The van der Waals surface area contributed by atoms with Crippen LogP contribution >= 0.6 is 22.9 Å².